The summed E-state index contributed by atoms with van der Waals surface area (Å²) in [5.74, 6) is -0.0275. The van der Waals surface area contributed by atoms with Gasteiger partial charge in [0, 0.05) is 32.1 Å². The van der Waals surface area contributed by atoms with Crippen LogP contribution in [-0.4, -0.2) is 42.4 Å². The van der Waals surface area contributed by atoms with Crippen LogP contribution in [0.4, 0.5) is 0 Å². The van der Waals surface area contributed by atoms with Crippen molar-refractivity contribution >= 4 is 35.6 Å². The molecule has 5 nitrogen and oxygen atoms in total. The third kappa shape index (κ3) is 4.69. The first kappa shape index (κ1) is 18.9. The lowest BCUT2D eigenvalue weighted by atomic mass is 9.79. The molecule has 1 atom stereocenters. The van der Waals surface area contributed by atoms with E-state index in [9.17, 15) is 9.59 Å². The van der Waals surface area contributed by atoms with Crippen molar-refractivity contribution in [2.24, 2.45) is 11.1 Å². The van der Waals surface area contributed by atoms with E-state index in [2.05, 4.69) is 19.2 Å². The number of likely N-dealkylation sites (tertiary alicyclic amines) is 1. The van der Waals surface area contributed by atoms with E-state index in [1.54, 1.807) is 6.07 Å². The van der Waals surface area contributed by atoms with E-state index < -0.39 is 0 Å². The molecule has 0 aliphatic carbocycles. The Morgan fingerprint density at radius 1 is 1.50 bits per heavy atom. The number of hydrogen-bond acceptors (Lipinski definition) is 4. The van der Waals surface area contributed by atoms with Gasteiger partial charge in [-0.05, 0) is 23.3 Å². The smallest absolute Gasteiger partial charge is 0.261 e. The maximum atomic E-state index is 12.2. The lowest BCUT2D eigenvalue weighted by molar-refractivity contribution is -0.134. The van der Waals surface area contributed by atoms with E-state index in [4.69, 9.17) is 5.73 Å². The van der Waals surface area contributed by atoms with Crippen molar-refractivity contribution in [3.8, 4) is 0 Å². The molecule has 1 fully saturated rings. The van der Waals surface area contributed by atoms with Crippen LogP contribution in [0.15, 0.2) is 17.5 Å². The molecule has 0 aromatic carbocycles. The Kier molecular flexibility index (Phi) is 6.84. The second-order valence-electron chi connectivity index (χ2n) is 6.18. The molecule has 124 valence electrons. The maximum absolute atomic E-state index is 12.2. The van der Waals surface area contributed by atoms with Crippen molar-refractivity contribution in [1.29, 1.82) is 0 Å². The molecule has 2 heterocycles. The topological polar surface area (TPSA) is 75.4 Å². The molecule has 1 aromatic heterocycles. The van der Waals surface area contributed by atoms with Gasteiger partial charge in [-0.2, -0.15) is 0 Å². The van der Waals surface area contributed by atoms with Crippen molar-refractivity contribution in [1.82, 2.24) is 10.2 Å². The molecule has 1 aromatic rings. The molecule has 1 unspecified atom stereocenters. The SMILES string of the molecule is CC1(C)CN(C(=O)CCNC(=O)c2cccs2)CCC1N.Cl. The average Bonchev–Trinajstić information content (AvgIpc) is 2.95. The second kappa shape index (κ2) is 7.94. The molecule has 0 bridgehead atoms. The van der Waals surface area contributed by atoms with E-state index >= 15 is 0 Å². The van der Waals surface area contributed by atoms with E-state index in [1.807, 2.05) is 16.3 Å². The fourth-order valence-corrected chi connectivity index (χ4v) is 3.16. The van der Waals surface area contributed by atoms with Crippen LogP contribution in [0.25, 0.3) is 0 Å². The molecule has 22 heavy (non-hydrogen) atoms. The summed E-state index contributed by atoms with van der Waals surface area (Å²) < 4.78 is 0. The van der Waals surface area contributed by atoms with Gasteiger partial charge >= 0.3 is 0 Å². The Labute approximate surface area is 141 Å². The van der Waals surface area contributed by atoms with Crippen molar-refractivity contribution in [2.45, 2.75) is 32.7 Å². The first-order valence-corrected chi connectivity index (χ1v) is 8.13. The van der Waals surface area contributed by atoms with Crippen LogP contribution in [0, 0.1) is 5.41 Å². The number of carbonyl (C=O) groups is 2. The summed E-state index contributed by atoms with van der Waals surface area (Å²) in [7, 11) is 0. The molecular weight excluding hydrogens is 322 g/mol. The van der Waals surface area contributed by atoms with Crippen LogP contribution < -0.4 is 11.1 Å². The van der Waals surface area contributed by atoms with Crippen LogP contribution in [-0.2, 0) is 4.79 Å². The van der Waals surface area contributed by atoms with Gasteiger partial charge in [-0.25, -0.2) is 0 Å². The fraction of sp³-hybridized carbons (Fsp3) is 0.600. The minimum Gasteiger partial charge on any atom is -0.351 e. The Bertz CT molecular complexity index is 505. The minimum atomic E-state index is -0.112. The Hall–Kier alpha value is -1.11. The van der Waals surface area contributed by atoms with Crippen molar-refractivity contribution in [2.75, 3.05) is 19.6 Å². The highest BCUT2D eigenvalue weighted by Gasteiger charge is 2.34. The Morgan fingerprint density at radius 3 is 2.82 bits per heavy atom. The van der Waals surface area contributed by atoms with Gasteiger partial charge in [0.2, 0.25) is 5.91 Å². The van der Waals surface area contributed by atoms with Gasteiger partial charge in [-0.1, -0.05) is 19.9 Å². The average molecular weight is 346 g/mol. The van der Waals surface area contributed by atoms with Crippen molar-refractivity contribution in [3.63, 3.8) is 0 Å². The summed E-state index contributed by atoms with van der Waals surface area (Å²) in [4.78, 5) is 26.5. The molecule has 3 N–H and O–H groups in total. The van der Waals surface area contributed by atoms with Gasteiger partial charge in [0.15, 0.2) is 0 Å². The fourth-order valence-electron chi connectivity index (χ4n) is 2.52. The first-order valence-electron chi connectivity index (χ1n) is 7.25. The number of nitrogens with two attached hydrogens (primary N) is 1. The summed E-state index contributed by atoms with van der Waals surface area (Å²) >= 11 is 1.40. The Morgan fingerprint density at radius 2 is 2.23 bits per heavy atom. The number of nitrogens with one attached hydrogen (secondary N) is 1. The maximum Gasteiger partial charge on any atom is 0.261 e. The highest BCUT2D eigenvalue weighted by Crippen LogP contribution is 2.27. The molecular formula is C15H24ClN3O2S. The number of amides is 2. The van der Waals surface area contributed by atoms with Gasteiger partial charge in [-0.15, -0.1) is 23.7 Å². The molecule has 1 saturated heterocycles. The molecule has 1 aliphatic rings. The monoisotopic (exact) mass is 345 g/mol. The molecule has 2 rings (SSSR count). The summed E-state index contributed by atoms with van der Waals surface area (Å²) in [5, 5.41) is 4.64. The lowest BCUT2D eigenvalue weighted by Gasteiger charge is -2.42. The van der Waals surface area contributed by atoms with Crippen LogP contribution in [0.3, 0.4) is 0 Å². The van der Waals surface area contributed by atoms with Gasteiger partial charge < -0.3 is 16.0 Å². The number of piperidine rings is 1. The number of hydrogen-bond donors (Lipinski definition) is 2. The van der Waals surface area contributed by atoms with E-state index in [0.29, 0.717) is 30.9 Å². The van der Waals surface area contributed by atoms with Crippen molar-refractivity contribution < 1.29 is 9.59 Å². The number of thiophene rings is 1. The predicted molar refractivity (Wildman–Crippen MR) is 91.5 cm³/mol. The predicted octanol–water partition coefficient (Wildman–Crippen LogP) is 1.88. The van der Waals surface area contributed by atoms with E-state index in [-0.39, 0.29) is 35.7 Å². The third-order valence-electron chi connectivity index (χ3n) is 4.03. The van der Waals surface area contributed by atoms with Crippen molar-refractivity contribution in [3.05, 3.63) is 22.4 Å². The van der Waals surface area contributed by atoms with Crippen LogP contribution in [0.2, 0.25) is 0 Å². The van der Waals surface area contributed by atoms with Crippen LogP contribution in [0.1, 0.15) is 36.4 Å². The van der Waals surface area contributed by atoms with Gasteiger partial charge in [0.25, 0.3) is 5.91 Å². The molecule has 7 heteroatoms. The minimum absolute atomic E-state index is 0. The second-order valence-corrected chi connectivity index (χ2v) is 7.13. The number of rotatable bonds is 4. The molecule has 0 radical (unpaired) electrons. The molecule has 2 amide bonds. The summed E-state index contributed by atoms with van der Waals surface area (Å²) in [6, 6.07) is 3.75. The summed E-state index contributed by atoms with van der Waals surface area (Å²) in [5.41, 5.74) is 6.03. The highest BCUT2D eigenvalue weighted by molar-refractivity contribution is 7.12. The third-order valence-corrected chi connectivity index (χ3v) is 4.90. The normalized spacial score (nSPS) is 20.1. The molecule has 1 aliphatic heterocycles. The zero-order chi connectivity index (χ0) is 15.5. The van der Waals surface area contributed by atoms with Crippen LogP contribution in [0.5, 0.6) is 0 Å². The zero-order valence-corrected chi connectivity index (χ0v) is 14.6. The van der Waals surface area contributed by atoms with Gasteiger partial charge in [0.1, 0.15) is 0 Å². The Balaban J connectivity index is 0.00000242. The molecule has 0 spiro atoms. The van der Waals surface area contributed by atoms with E-state index in [0.717, 1.165) is 6.42 Å². The van der Waals surface area contributed by atoms with Crippen LogP contribution >= 0.6 is 23.7 Å². The van der Waals surface area contributed by atoms with E-state index in [1.165, 1.54) is 11.3 Å². The number of nitrogens with zero attached hydrogens (tertiary/aromatic N) is 1. The first-order chi connectivity index (χ1) is 9.90. The highest BCUT2D eigenvalue weighted by atomic mass is 35.5. The largest absolute Gasteiger partial charge is 0.351 e. The zero-order valence-electron chi connectivity index (χ0n) is 13.0. The number of carbonyl (C=O) groups excluding carboxylic acids is 2. The standard InChI is InChI=1S/C15H23N3O2S.ClH/c1-15(2)10-18(8-6-12(15)16)13(19)5-7-17-14(20)11-4-3-9-21-11;/h3-4,9,12H,5-8,10,16H2,1-2H3,(H,17,20);1H. The van der Waals surface area contributed by atoms with Gasteiger partial charge in [-0.3, -0.25) is 9.59 Å². The lowest BCUT2D eigenvalue weighted by Crippen LogP contribution is -2.54. The summed E-state index contributed by atoms with van der Waals surface area (Å²) in [6.07, 6.45) is 1.17. The number of halogens is 1. The molecule has 0 saturated carbocycles. The van der Waals surface area contributed by atoms with Gasteiger partial charge in [0.05, 0.1) is 4.88 Å². The summed E-state index contributed by atoms with van der Waals surface area (Å²) in [6.45, 7) is 5.96. The quantitative estimate of drug-likeness (QED) is 0.874.